The lowest BCUT2D eigenvalue weighted by atomic mass is 9.83. The molecule has 0 spiro atoms. The SMILES string of the molecule is CC(=O)N1CCC(C(=O)N2CC[C@@H](N(C)C(=O)c3ccc(Cl)cc3)[C@H](c3ccc(C(F)(F)F)cc3)C2)CC1. The first-order valence-electron chi connectivity index (χ1n) is 12.7. The fraction of sp³-hybridized carbons (Fsp3) is 0.464. The van der Waals surface area contributed by atoms with Crippen LogP contribution in [0.1, 0.15) is 53.6 Å². The molecule has 0 bridgehead atoms. The maximum atomic E-state index is 13.4. The fourth-order valence-corrected chi connectivity index (χ4v) is 5.62. The number of carbonyl (C=O) groups excluding carboxylic acids is 3. The lowest BCUT2D eigenvalue weighted by Crippen LogP contribution is -2.53. The van der Waals surface area contributed by atoms with Crippen molar-refractivity contribution in [2.75, 3.05) is 33.2 Å². The third-order valence-electron chi connectivity index (χ3n) is 7.75. The van der Waals surface area contributed by atoms with Gasteiger partial charge in [-0.3, -0.25) is 14.4 Å². The molecule has 2 fully saturated rings. The number of rotatable bonds is 4. The quantitative estimate of drug-likeness (QED) is 0.535. The van der Waals surface area contributed by atoms with E-state index in [0.29, 0.717) is 61.6 Å². The van der Waals surface area contributed by atoms with Crippen molar-refractivity contribution < 1.29 is 27.6 Å². The van der Waals surface area contributed by atoms with Gasteiger partial charge >= 0.3 is 6.18 Å². The Hall–Kier alpha value is -3.07. The van der Waals surface area contributed by atoms with Gasteiger partial charge in [0.2, 0.25) is 11.8 Å². The van der Waals surface area contributed by atoms with Gasteiger partial charge in [-0.15, -0.1) is 0 Å². The Morgan fingerprint density at radius 3 is 2.03 bits per heavy atom. The lowest BCUT2D eigenvalue weighted by Gasteiger charge is -2.44. The number of hydrogen-bond acceptors (Lipinski definition) is 3. The molecule has 0 aliphatic carbocycles. The van der Waals surface area contributed by atoms with Crippen LogP contribution in [0.5, 0.6) is 0 Å². The average molecular weight is 550 g/mol. The van der Waals surface area contributed by atoms with Gasteiger partial charge in [0, 0.05) is 68.6 Å². The monoisotopic (exact) mass is 549 g/mol. The first-order valence-corrected chi connectivity index (χ1v) is 13.1. The highest BCUT2D eigenvalue weighted by molar-refractivity contribution is 6.30. The third kappa shape index (κ3) is 6.14. The number of alkyl halides is 3. The minimum atomic E-state index is -4.46. The van der Waals surface area contributed by atoms with Crippen molar-refractivity contribution in [3.8, 4) is 0 Å². The van der Waals surface area contributed by atoms with Gasteiger partial charge < -0.3 is 14.7 Å². The Morgan fingerprint density at radius 2 is 1.47 bits per heavy atom. The summed E-state index contributed by atoms with van der Waals surface area (Å²) in [6.07, 6.45) is -2.81. The van der Waals surface area contributed by atoms with Crippen molar-refractivity contribution in [3.63, 3.8) is 0 Å². The highest BCUT2D eigenvalue weighted by Gasteiger charge is 2.39. The van der Waals surface area contributed by atoms with Crippen LogP contribution in [-0.2, 0) is 15.8 Å². The molecule has 204 valence electrons. The van der Waals surface area contributed by atoms with Crippen LogP contribution < -0.4 is 0 Å². The molecular formula is C28H31ClF3N3O3. The van der Waals surface area contributed by atoms with Crippen molar-refractivity contribution in [1.82, 2.24) is 14.7 Å². The first kappa shape index (κ1) is 28.0. The molecule has 2 atom stereocenters. The number of halogens is 4. The third-order valence-corrected chi connectivity index (χ3v) is 8.00. The van der Waals surface area contributed by atoms with Crippen LogP contribution in [0.15, 0.2) is 48.5 Å². The molecular weight excluding hydrogens is 519 g/mol. The van der Waals surface area contributed by atoms with Crippen LogP contribution in [0.2, 0.25) is 5.02 Å². The second-order valence-corrected chi connectivity index (χ2v) is 10.5. The number of piperidine rings is 2. The number of hydrogen-bond donors (Lipinski definition) is 0. The lowest BCUT2D eigenvalue weighted by molar-refractivity contribution is -0.141. The minimum Gasteiger partial charge on any atom is -0.343 e. The van der Waals surface area contributed by atoms with Gasteiger partial charge in [-0.2, -0.15) is 13.2 Å². The molecule has 4 rings (SSSR count). The Kier molecular flexibility index (Phi) is 8.35. The second kappa shape index (κ2) is 11.4. The number of nitrogens with zero attached hydrogens (tertiary/aromatic N) is 3. The molecule has 0 aromatic heterocycles. The molecule has 2 aromatic rings. The zero-order valence-corrected chi connectivity index (χ0v) is 22.1. The highest BCUT2D eigenvalue weighted by Crippen LogP contribution is 2.35. The summed E-state index contributed by atoms with van der Waals surface area (Å²) in [6.45, 7) is 3.31. The van der Waals surface area contributed by atoms with Crippen LogP contribution in [-0.4, -0.2) is 71.7 Å². The molecule has 0 saturated carbocycles. The average Bonchev–Trinajstić information content (AvgIpc) is 2.91. The second-order valence-electron chi connectivity index (χ2n) is 10.1. The summed E-state index contributed by atoms with van der Waals surface area (Å²) in [7, 11) is 1.69. The Morgan fingerprint density at radius 1 is 0.895 bits per heavy atom. The largest absolute Gasteiger partial charge is 0.416 e. The van der Waals surface area contributed by atoms with Crippen LogP contribution in [0.4, 0.5) is 13.2 Å². The number of likely N-dealkylation sites (tertiary alicyclic amines) is 2. The molecule has 10 heteroatoms. The smallest absolute Gasteiger partial charge is 0.343 e. The molecule has 2 saturated heterocycles. The zero-order valence-electron chi connectivity index (χ0n) is 21.4. The van der Waals surface area contributed by atoms with E-state index >= 15 is 0 Å². The standard InChI is InChI=1S/C28H31ClF3N3O3/c1-18(36)34-14-11-21(12-15-34)27(38)35-16-13-25(33(2)26(37)20-5-9-23(29)10-6-20)24(17-35)19-3-7-22(8-4-19)28(30,31)32/h3-10,21,24-25H,11-17H2,1-2H3/t24-,25+/m0/s1. The van der Waals surface area contributed by atoms with Crippen molar-refractivity contribution in [3.05, 3.63) is 70.2 Å². The van der Waals surface area contributed by atoms with Gasteiger partial charge in [0.05, 0.1) is 5.56 Å². The van der Waals surface area contributed by atoms with E-state index in [1.807, 2.05) is 0 Å². The van der Waals surface area contributed by atoms with Crippen molar-refractivity contribution in [2.45, 2.75) is 44.3 Å². The molecule has 3 amide bonds. The van der Waals surface area contributed by atoms with E-state index in [9.17, 15) is 27.6 Å². The van der Waals surface area contributed by atoms with Crippen LogP contribution in [0.3, 0.4) is 0 Å². The fourth-order valence-electron chi connectivity index (χ4n) is 5.50. The molecule has 0 unspecified atom stereocenters. The van der Waals surface area contributed by atoms with Crippen LogP contribution in [0, 0.1) is 5.92 Å². The Balaban J connectivity index is 1.56. The molecule has 2 aliphatic heterocycles. The number of likely N-dealkylation sites (N-methyl/N-ethyl adjacent to an activating group) is 1. The van der Waals surface area contributed by atoms with Crippen molar-refractivity contribution >= 4 is 29.3 Å². The first-order chi connectivity index (χ1) is 18.0. The van der Waals surface area contributed by atoms with Gasteiger partial charge in [0.1, 0.15) is 0 Å². The van der Waals surface area contributed by atoms with Gasteiger partial charge in [-0.25, -0.2) is 0 Å². The minimum absolute atomic E-state index is 0.00440. The van der Waals surface area contributed by atoms with Crippen LogP contribution in [0.25, 0.3) is 0 Å². The van der Waals surface area contributed by atoms with E-state index in [2.05, 4.69) is 0 Å². The van der Waals surface area contributed by atoms with E-state index in [1.54, 1.807) is 46.0 Å². The Bertz CT molecular complexity index is 1160. The number of amides is 3. The Labute approximate surface area is 225 Å². The van der Waals surface area contributed by atoms with Gasteiger partial charge in [0.25, 0.3) is 5.91 Å². The molecule has 0 radical (unpaired) electrons. The van der Waals surface area contributed by atoms with Crippen molar-refractivity contribution in [2.24, 2.45) is 5.92 Å². The summed E-state index contributed by atoms with van der Waals surface area (Å²) >= 11 is 5.96. The molecule has 2 aliphatic rings. The normalized spacial score (nSPS) is 20.8. The number of carbonyl (C=O) groups is 3. The summed E-state index contributed by atoms with van der Waals surface area (Å²) in [5.41, 5.74) is 0.353. The topological polar surface area (TPSA) is 60.9 Å². The van der Waals surface area contributed by atoms with E-state index in [1.165, 1.54) is 19.1 Å². The maximum Gasteiger partial charge on any atom is 0.416 e. The summed E-state index contributed by atoms with van der Waals surface area (Å²) in [4.78, 5) is 43.5. The van der Waals surface area contributed by atoms with Crippen LogP contribution >= 0.6 is 11.6 Å². The van der Waals surface area contributed by atoms with E-state index < -0.39 is 11.7 Å². The van der Waals surface area contributed by atoms with Gasteiger partial charge in [-0.1, -0.05) is 23.7 Å². The molecule has 38 heavy (non-hydrogen) atoms. The highest BCUT2D eigenvalue weighted by atomic mass is 35.5. The number of benzene rings is 2. The summed E-state index contributed by atoms with van der Waals surface area (Å²) < 4.78 is 39.6. The zero-order chi connectivity index (χ0) is 27.6. The predicted octanol–water partition coefficient (Wildman–Crippen LogP) is 5.07. The summed E-state index contributed by atoms with van der Waals surface area (Å²) in [5, 5.41) is 0.507. The maximum absolute atomic E-state index is 13.4. The molecule has 2 heterocycles. The van der Waals surface area contributed by atoms with E-state index in [4.69, 9.17) is 11.6 Å². The molecule has 6 nitrogen and oxygen atoms in total. The predicted molar refractivity (Wildman–Crippen MR) is 138 cm³/mol. The van der Waals surface area contributed by atoms with E-state index in [0.717, 1.165) is 12.1 Å². The van der Waals surface area contributed by atoms with Gasteiger partial charge in [-0.05, 0) is 61.2 Å². The molecule has 2 aromatic carbocycles. The summed E-state index contributed by atoms with van der Waals surface area (Å²) in [6, 6.07) is 11.2. The van der Waals surface area contributed by atoms with Gasteiger partial charge in [0.15, 0.2) is 0 Å². The molecule has 0 N–H and O–H groups in total. The summed E-state index contributed by atoms with van der Waals surface area (Å²) in [5.74, 6) is -0.806. The van der Waals surface area contributed by atoms with Crippen molar-refractivity contribution in [1.29, 1.82) is 0 Å². The van der Waals surface area contributed by atoms with E-state index in [-0.39, 0.29) is 35.6 Å².